The van der Waals surface area contributed by atoms with Crippen molar-refractivity contribution in [2.45, 2.75) is 44.8 Å². The van der Waals surface area contributed by atoms with Crippen LogP contribution in [-0.4, -0.2) is 23.2 Å². The van der Waals surface area contributed by atoms with Gasteiger partial charge in [-0.2, -0.15) is 0 Å². The first-order chi connectivity index (χ1) is 9.63. The highest BCUT2D eigenvalue weighted by atomic mass is 79.9. The van der Waals surface area contributed by atoms with E-state index in [1.54, 1.807) is 0 Å². The molecule has 1 aromatic carbocycles. The van der Waals surface area contributed by atoms with Crippen molar-refractivity contribution >= 4 is 21.8 Å². The third-order valence-electron chi connectivity index (χ3n) is 3.39. The molecule has 0 saturated carbocycles. The van der Waals surface area contributed by atoms with Gasteiger partial charge >= 0.3 is 0 Å². The summed E-state index contributed by atoms with van der Waals surface area (Å²) in [6, 6.07) is 7.39. The van der Waals surface area contributed by atoms with Crippen molar-refractivity contribution in [1.82, 2.24) is 0 Å². The first-order valence-electron chi connectivity index (χ1n) is 7.01. The Morgan fingerprint density at radius 2 is 2.15 bits per heavy atom. The van der Waals surface area contributed by atoms with Gasteiger partial charge in [0.05, 0.1) is 11.7 Å². The summed E-state index contributed by atoms with van der Waals surface area (Å²) in [5.74, 6) is 1.06. The Bertz CT molecular complexity index is 513. The van der Waals surface area contributed by atoms with Crippen LogP contribution in [0.4, 0.5) is 0 Å². The smallest absolute Gasteiger partial charge is 0.223 e. The maximum Gasteiger partial charge on any atom is 0.223 e. The number of benzene rings is 1. The number of halogens is 1. The number of aliphatic hydroxyl groups excluding tert-OH is 1. The maximum absolute atomic E-state index is 10.2. The van der Waals surface area contributed by atoms with E-state index >= 15 is 0 Å². The molecule has 3 nitrogen and oxygen atoms in total. The number of ether oxygens (including phenoxy) is 1. The Morgan fingerprint density at radius 1 is 1.40 bits per heavy atom. The van der Waals surface area contributed by atoms with E-state index in [-0.39, 0.29) is 6.04 Å². The van der Waals surface area contributed by atoms with Crippen LogP contribution in [0.3, 0.4) is 0 Å². The zero-order valence-electron chi connectivity index (χ0n) is 11.7. The molecule has 2 atom stereocenters. The number of rotatable bonds is 6. The Labute approximate surface area is 128 Å². The first kappa shape index (κ1) is 15.3. The Kier molecular flexibility index (Phi) is 5.38. The zero-order valence-corrected chi connectivity index (χ0v) is 13.3. The highest BCUT2D eigenvalue weighted by Gasteiger charge is 2.31. The lowest BCUT2D eigenvalue weighted by Crippen LogP contribution is -2.23. The molecule has 0 bridgehead atoms. The Morgan fingerprint density at radius 3 is 2.85 bits per heavy atom. The molecule has 2 rings (SSSR count). The highest BCUT2D eigenvalue weighted by Crippen LogP contribution is 2.27. The van der Waals surface area contributed by atoms with Crippen LogP contribution in [0, 0.1) is 0 Å². The normalized spacial score (nSPS) is 19.6. The molecule has 0 aromatic heterocycles. The van der Waals surface area contributed by atoms with Gasteiger partial charge in [0.1, 0.15) is 11.8 Å². The lowest BCUT2D eigenvalue weighted by atomic mass is 10.0. The maximum atomic E-state index is 10.2. The molecule has 0 saturated heterocycles. The minimum absolute atomic E-state index is 0.353. The summed E-state index contributed by atoms with van der Waals surface area (Å²) in [7, 11) is 0. The number of aliphatic imine (C=N–C) groups is 1. The van der Waals surface area contributed by atoms with Crippen LogP contribution >= 0.6 is 15.9 Å². The lowest BCUT2D eigenvalue weighted by Gasteiger charge is -2.14. The second kappa shape index (κ2) is 7.04. The quantitative estimate of drug-likeness (QED) is 0.795. The minimum atomic E-state index is -0.519. The van der Waals surface area contributed by atoms with Crippen molar-refractivity contribution in [1.29, 1.82) is 0 Å². The Hall–Kier alpha value is -1.13. The summed E-state index contributed by atoms with van der Waals surface area (Å²) >= 11 is 3.48. The van der Waals surface area contributed by atoms with E-state index in [0.29, 0.717) is 11.7 Å². The van der Waals surface area contributed by atoms with Gasteiger partial charge in [0.2, 0.25) is 5.90 Å². The van der Waals surface area contributed by atoms with Gasteiger partial charge < -0.3 is 9.84 Å². The summed E-state index contributed by atoms with van der Waals surface area (Å²) in [5, 5.41) is 10.2. The fourth-order valence-corrected chi connectivity index (χ4v) is 2.68. The van der Waals surface area contributed by atoms with Crippen molar-refractivity contribution in [3.63, 3.8) is 0 Å². The molecule has 1 heterocycles. The average Bonchev–Trinajstić information content (AvgIpc) is 2.81. The molecule has 1 aliphatic rings. The predicted molar refractivity (Wildman–Crippen MR) is 84.8 cm³/mol. The van der Waals surface area contributed by atoms with Gasteiger partial charge in [-0.1, -0.05) is 44.9 Å². The van der Waals surface area contributed by atoms with Gasteiger partial charge in [0.15, 0.2) is 0 Å². The molecular weight excluding hydrogens is 318 g/mol. The third-order valence-corrected chi connectivity index (χ3v) is 4.08. The molecule has 0 radical (unpaired) electrons. The summed E-state index contributed by atoms with van der Waals surface area (Å²) in [6.07, 6.45) is 3.47. The predicted octanol–water partition coefficient (Wildman–Crippen LogP) is 4.05. The largest absolute Gasteiger partial charge is 0.441 e. The van der Waals surface area contributed by atoms with Crippen molar-refractivity contribution in [2.24, 2.45) is 4.99 Å². The fraction of sp³-hybridized carbons (Fsp3) is 0.438. The number of hydrogen-bond donors (Lipinski definition) is 1. The molecule has 0 aliphatic carbocycles. The molecule has 20 heavy (non-hydrogen) atoms. The van der Waals surface area contributed by atoms with E-state index in [9.17, 15) is 5.11 Å². The van der Waals surface area contributed by atoms with Crippen LogP contribution in [0.5, 0.6) is 0 Å². The van der Waals surface area contributed by atoms with Crippen LogP contribution < -0.4 is 0 Å². The summed E-state index contributed by atoms with van der Waals surface area (Å²) in [5.41, 5.74) is 0.886. The number of aliphatic hydroxyl groups is 1. The van der Waals surface area contributed by atoms with Crippen molar-refractivity contribution in [3.05, 3.63) is 46.6 Å². The highest BCUT2D eigenvalue weighted by molar-refractivity contribution is 9.10. The van der Waals surface area contributed by atoms with Crippen LogP contribution in [0.15, 0.2) is 46.1 Å². The third kappa shape index (κ3) is 3.49. The van der Waals surface area contributed by atoms with E-state index in [1.165, 1.54) is 0 Å². The first-order valence-corrected chi connectivity index (χ1v) is 7.80. The summed E-state index contributed by atoms with van der Waals surface area (Å²) in [6.45, 7) is 6.02. The van der Waals surface area contributed by atoms with E-state index in [4.69, 9.17) is 4.74 Å². The minimum Gasteiger partial charge on any atom is -0.441 e. The van der Waals surface area contributed by atoms with E-state index in [0.717, 1.165) is 35.7 Å². The number of unbranched alkanes of at least 4 members (excludes halogenated alkanes) is 2. The lowest BCUT2D eigenvalue weighted by molar-refractivity contribution is 0.137. The van der Waals surface area contributed by atoms with Crippen LogP contribution in [0.25, 0.3) is 0 Å². The second-order valence-electron chi connectivity index (χ2n) is 4.99. The van der Waals surface area contributed by atoms with Gasteiger partial charge in [-0.3, -0.25) is 0 Å². The number of hydrogen-bond acceptors (Lipinski definition) is 3. The molecule has 1 aromatic rings. The van der Waals surface area contributed by atoms with Gasteiger partial charge in [0.25, 0.3) is 0 Å². The van der Waals surface area contributed by atoms with Crippen LogP contribution in [0.2, 0.25) is 0 Å². The monoisotopic (exact) mass is 337 g/mol. The van der Waals surface area contributed by atoms with Gasteiger partial charge in [-0.25, -0.2) is 4.99 Å². The molecule has 1 N–H and O–H groups in total. The van der Waals surface area contributed by atoms with Crippen molar-refractivity contribution < 1.29 is 9.84 Å². The number of nitrogens with zero attached hydrogens (tertiary/aromatic N) is 1. The SMILES string of the molecule is C=C1OC(c2ccccc2Br)=N[C@@H]1[C@H](O)CCCCC. The summed E-state index contributed by atoms with van der Waals surface area (Å²) < 4.78 is 6.56. The zero-order chi connectivity index (χ0) is 14.5. The van der Waals surface area contributed by atoms with E-state index in [2.05, 4.69) is 34.4 Å². The average molecular weight is 338 g/mol. The van der Waals surface area contributed by atoms with Crippen LogP contribution in [-0.2, 0) is 4.74 Å². The second-order valence-corrected chi connectivity index (χ2v) is 5.84. The molecule has 4 heteroatoms. The van der Waals surface area contributed by atoms with Gasteiger partial charge in [-0.15, -0.1) is 0 Å². The van der Waals surface area contributed by atoms with E-state index < -0.39 is 6.10 Å². The topological polar surface area (TPSA) is 41.8 Å². The molecular formula is C16H20BrNO2. The molecule has 0 spiro atoms. The molecule has 1 aliphatic heterocycles. The standard InChI is InChI=1S/C16H20BrNO2/c1-3-4-5-10-14(19)15-11(2)20-16(18-15)12-8-6-7-9-13(12)17/h6-9,14-15,19H,2-5,10H2,1H3/t14-,15+/m1/s1. The van der Waals surface area contributed by atoms with Crippen LogP contribution in [0.1, 0.15) is 38.2 Å². The van der Waals surface area contributed by atoms with Gasteiger partial charge in [0, 0.05) is 4.47 Å². The summed E-state index contributed by atoms with van der Waals surface area (Å²) in [4.78, 5) is 4.49. The van der Waals surface area contributed by atoms with E-state index in [1.807, 2.05) is 24.3 Å². The molecule has 0 fully saturated rings. The van der Waals surface area contributed by atoms with Gasteiger partial charge in [-0.05, 0) is 34.5 Å². The van der Waals surface area contributed by atoms with Crippen molar-refractivity contribution in [3.8, 4) is 0 Å². The molecule has 0 unspecified atom stereocenters. The fourth-order valence-electron chi connectivity index (χ4n) is 2.23. The molecule has 0 amide bonds. The molecule has 108 valence electrons. The Balaban J connectivity index is 2.09. The van der Waals surface area contributed by atoms with Crippen molar-refractivity contribution in [2.75, 3.05) is 0 Å².